The average molecular weight is 2430 g/mol. The molecule has 0 bridgehead atoms. The molecule has 2 aliphatic rings. The van der Waals surface area contributed by atoms with Gasteiger partial charge in [0.25, 0.3) is 0 Å². The van der Waals surface area contributed by atoms with Crippen LogP contribution in [0.1, 0.15) is 99.1 Å². The van der Waals surface area contributed by atoms with Crippen LogP contribution in [0.25, 0.3) is 11.1 Å². The zero-order chi connectivity index (χ0) is 69.1. The molecular formula is C33H34OS62. The van der Waals surface area contributed by atoms with E-state index in [4.69, 9.17) is 22.4 Å². The van der Waals surface area contributed by atoms with E-state index in [1.807, 2.05) is 409 Å². The van der Waals surface area contributed by atoms with Gasteiger partial charge in [-0.2, -0.15) is 0 Å². The summed E-state index contributed by atoms with van der Waals surface area (Å²) >= 11 is 9.64. The van der Waals surface area contributed by atoms with Crippen LogP contribution in [0.15, 0.2) is 54.6 Å². The highest BCUT2D eigenvalue weighted by Crippen LogP contribution is 2.61. The van der Waals surface area contributed by atoms with Crippen molar-refractivity contribution in [1.29, 1.82) is 0 Å². The number of aldehydes is 1. The molecule has 0 spiro atoms. The largest absolute Gasteiger partial charge is 0.298 e. The molecule has 3 aromatic rings. The van der Waals surface area contributed by atoms with Crippen molar-refractivity contribution in [2.45, 2.75) is 71.6 Å². The summed E-state index contributed by atoms with van der Waals surface area (Å²) in [6.07, 6.45) is 0.959. The number of benzene rings is 3. The van der Waals surface area contributed by atoms with E-state index in [0.717, 1.165) is 17.4 Å². The molecule has 0 atom stereocenters. The van der Waals surface area contributed by atoms with E-state index in [0.29, 0.717) is 5.56 Å². The van der Waals surface area contributed by atoms with Gasteiger partial charge in [0.15, 0.2) is 6.29 Å². The molecular weight excluding hydrogens is 2400 g/mol. The molecule has 5 rings (SSSR count). The van der Waals surface area contributed by atoms with Crippen LogP contribution in [0.5, 0.6) is 0 Å². The summed E-state index contributed by atoms with van der Waals surface area (Å²) in [4.78, 5) is 12.1. The molecule has 0 saturated carbocycles. The van der Waals surface area contributed by atoms with E-state index in [2.05, 4.69) is 122 Å². The van der Waals surface area contributed by atoms with Gasteiger partial charge in [0.2, 0.25) is 0 Å². The van der Waals surface area contributed by atoms with Crippen molar-refractivity contribution in [1.82, 2.24) is 0 Å². The predicted octanol–water partition coefficient (Wildman–Crippen LogP) is 7.65. The van der Waals surface area contributed by atoms with Gasteiger partial charge in [-0.1, -0.05) is 97.6 Å². The van der Waals surface area contributed by atoms with Gasteiger partial charge in [0, 0.05) is 577 Å². The molecule has 96 heavy (non-hydrogen) atoms. The number of fused-ring (bicyclic) bond motifs is 4. The predicted molar refractivity (Wildman–Crippen MR) is 598 cm³/mol. The van der Waals surface area contributed by atoms with Gasteiger partial charge in [-0.3, -0.25) is 4.79 Å². The maximum atomic E-state index is 12.1. The fourth-order valence-corrected chi connectivity index (χ4v) is 166. The smallest absolute Gasteiger partial charge is 0.151 e. The van der Waals surface area contributed by atoms with E-state index in [-0.39, 0.29) is 21.7 Å². The summed E-state index contributed by atoms with van der Waals surface area (Å²) < 4.78 is 0. The van der Waals surface area contributed by atoms with Crippen LogP contribution in [-0.4, -0.2) is 6.29 Å². The average Bonchev–Trinajstić information content (AvgIpc) is 1.55. The number of hydrogen-bond donors (Lipinski definition) is 0. The molecule has 3 aromatic carbocycles. The van der Waals surface area contributed by atoms with Crippen LogP contribution < -0.4 is 0 Å². The standard InChI is InChI=1S/C33H34O.S62/c1-30(2)26-12-10-9-11-24(26)25-16-14-21(17-27(25)30)13-15-22-18-28-29(19-23(22)20-34)32(5,6)33(7,8)31(28,3)4;1-3-5-7-9-11-13-15-17-19-21-23-25-27-29-31-33-35-37-39-41-43-45-47-49-51-53-55-57-59-61-62-60-58-56-54-52-50-48-46-44-42-40-38-36-34-32-30-28-26-24-22-20-18-16-14-12-10-8-6-4-2/h9-12,14,16-20H,1-8H3;. The molecule has 63 heteroatoms. The molecule has 0 aliphatic heterocycles. The molecule has 544 valence electrons. The topological polar surface area (TPSA) is 17.1 Å². The lowest BCUT2D eigenvalue weighted by Gasteiger charge is -2.44. The first-order valence-electron chi connectivity index (χ1n) is 22.4. The number of carbonyl (C=O) groups excluding carboxylic acids is 1. The Morgan fingerprint density at radius 3 is 0.802 bits per heavy atom. The van der Waals surface area contributed by atoms with Crippen LogP contribution in [-0.2, 0) is 571 Å². The van der Waals surface area contributed by atoms with Crippen molar-refractivity contribution in [2.75, 3.05) is 0 Å². The molecule has 1 nitrogen and oxygen atoms in total. The Labute approximate surface area is 741 Å². The third-order valence-corrected chi connectivity index (χ3v) is 142. The van der Waals surface area contributed by atoms with Crippen LogP contribution in [0.3, 0.4) is 0 Å². The first-order chi connectivity index (χ1) is 46.7. The van der Waals surface area contributed by atoms with Crippen molar-refractivity contribution in [2.24, 2.45) is 5.41 Å². The van der Waals surface area contributed by atoms with Crippen LogP contribution >= 0.6 is 0 Å². The Bertz CT molecular complexity index is 6370. The molecule has 0 aromatic heterocycles. The van der Waals surface area contributed by atoms with E-state index in [9.17, 15) is 4.79 Å². The van der Waals surface area contributed by atoms with Crippen molar-refractivity contribution >= 4 is 561 Å². The van der Waals surface area contributed by atoms with E-state index >= 15 is 0 Å². The zero-order valence-electron chi connectivity index (χ0n) is 47.0. The highest BCUT2D eigenvalue weighted by Gasteiger charge is 2.57. The van der Waals surface area contributed by atoms with Crippen molar-refractivity contribution in [3.8, 4) is 23.0 Å². The maximum absolute atomic E-state index is 12.1. The summed E-state index contributed by atoms with van der Waals surface area (Å²) in [6.45, 7) is 18.5. The summed E-state index contributed by atoms with van der Waals surface area (Å²) in [6, 6.07) is 19.5. The third-order valence-electron chi connectivity index (χ3n) is 11.4. The minimum atomic E-state index is -0.0493. The summed E-state index contributed by atoms with van der Waals surface area (Å²) in [5.41, 5.74) is 10.3. The van der Waals surface area contributed by atoms with Gasteiger partial charge in [-0.05, 0) is 73.9 Å². The second-order valence-corrected chi connectivity index (χ2v) is 122. The van der Waals surface area contributed by atoms with Crippen LogP contribution in [0, 0.1) is 17.3 Å². The lowest BCUT2D eigenvalue weighted by molar-refractivity contribution is 0.112. The molecule has 0 saturated heterocycles. The quantitative estimate of drug-likeness (QED) is 0.184. The van der Waals surface area contributed by atoms with Gasteiger partial charge in [-0.15, -0.1) is 0 Å². The summed E-state index contributed by atoms with van der Waals surface area (Å²) in [5, 5.41) is 0. The minimum absolute atomic E-state index is 0.0208. The lowest BCUT2D eigenvalue weighted by atomic mass is 9.59. The fraction of sp³-hybridized carbons (Fsp3) is 0.364. The molecule has 0 amide bonds. The van der Waals surface area contributed by atoms with Crippen LogP contribution in [0.4, 0.5) is 0 Å². The number of rotatable bonds is 1. The molecule has 0 fully saturated rings. The normalized spacial score (nSPS) is 11.9. The molecule has 0 N–H and O–H groups in total. The van der Waals surface area contributed by atoms with Crippen molar-refractivity contribution in [3.63, 3.8) is 0 Å². The summed E-state index contributed by atoms with van der Waals surface area (Å²) in [7, 11) is 108. The monoisotopic (exact) mass is 2430 g/mol. The Hall–Kier alpha value is 10.5. The van der Waals surface area contributed by atoms with Crippen molar-refractivity contribution < 1.29 is 4.79 Å². The van der Waals surface area contributed by atoms with Crippen LogP contribution in [0.2, 0.25) is 0 Å². The minimum Gasteiger partial charge on any atom is -0.298 e. The Morgan fingerprint density at radius 1 is 0.281 bits per heavy atom. The number of carbonyl (C=O) groups is 1. The van der Waals surface area contributed by atoms with E-state index in [1.165, 1.54) is 51.1 Å². The van der Waals surface area contributed by atoms with Gasteiger partial charge in [0.1, 0.15) is 0 Å². The molecule has 2 aliphatic carbocycles. The Balaban J connectivity index is 0.000000477. The first kappa shape index (κ1) is 98.9. The van der Waals surface area contributed by atoms with Gasteiger partial charge in [0.05, 0.1) is 0 Å². The number of hydrogen-bond acceptors (Lipinski definition) is 3. The van der Waals surface area contributed by atoms with Gasteiger partial charge in [-0.25, -0.2) is 0 Å². The molecule has 0 heterocycles. The van der Waals surface area contributed by atoms with E-state index < -0.39 is 0 Å². The van der Waals surface area contributed by atoms with E-state index in [1.54, 1.807) is 107 Å². The SMILES string of the molecule is CC1(C)c2ccccc2-c2ccc(C#Cc3cc4c(cc3C=O)C(C)(C)C(C)(C)C4(C)C)cc21.S=S=S=S=S=S=S=S=S=S=S=S=S=S=S=S=S=S=S=S=S=S=S=S=S=S=S=S=S=S=S=S=S=S=S=S=S=S=S=S=S=S=S=S=S=S=S=S=S=S=S=S=S=S=S=S=S=S=S=S=S=S. The van der Waals surface area contributed by atoms with Gasteiger partial charge < -0.3 is 0 Å². The summed E-state index contributed by atoms with van der Waals surface area (Å²) in [5.74, 6) is 6.74. The molecule has 0 radical (unpaired) electrons. The Kier molecular flexibility index (Phi) is 66.6. The zero-order valence-corrected chi connectivity index (χ0v) is 97.6. The second-order valence-electron chi connectivity index (χ2n) is 16.2. The lowest BCUT2D eigenvalue weighted by Crippen LogP contribution is -2.42. The highest BCUT2D eigenvalue weighted by atomic mass is 33.5. The molecule has 0 unspecified atom stereocenters. The fourth-order valence-electron chi connectivity index (χ4n) is 6.89. The van der Waals surface area contributed by atoms with Gasteiger partial charge >= 0.3 is 0 Å². The van der Waals surface area contributed by atoms with Crippen molar-refractivity contribution in [3.05, 3.63) is 93.5 Å². The first-order valence-corrected chi connectivity index (χ1v) is 104. The highest BCUT2D eigenvalue weighted by molar-refractivity contribution is 8.83. The second kappa shape index (κ2) is 64.7. The third kappa shape index (κ3) is 42.4. The maximum Gasteiger partial charge on any atom is 0.151 e. The Morgan fingerprint density at radius 2 is 0.531 bits per heavy atom.